The summed E-state index contributed by atoms with van der Waals surface area (Å²) in [4.78, 5) is 0.0371. The van der Waals surface area contributed by atoms with Crippen LogP contribution in [0.2, 0.25) is 0 Å². The van der Waals surface area contributed by atoms with Gasteiger partial charge < -0.3 is 4.55 Å². The van der Waals surface area contributed by atoms with E-state index < -0.39 is 21.1 Å². The average Bonchev–Trinajstić information content (AvgIpc) is 3.35. The number of aromatic amines is 1. The number of hydrogen-bond acceptors (Lipinski definition) is 4. The van der Waals surface area contributed by atoms with Gasteiger partial charge in [-0.15, -0.1) is 0 Å². The number of sulfonamides is 1. The van der Waals surface area contributed by atoms with Crippen LogP contribution in [0.4, 0.5) is 11.5 Å². The van der Waals surface area contributed by atoms with E-state index in [1.165, 1.54) is 24.3 Å². The number of nitrogens with one attached hydrogen (secondary N) is 1. The van der Waals surface area contributed by atoms with Gasteiger partial charge in [-0.05, 0) is 29.8 Å². The van der Waals surface area contributed by atoms with Crippen LogP contribution in [0.5, 0.6) is 0 Å². The molecule has 1 heterocycles. The van der Waals surface area contributed by atoms with E-state index in [1.807, 2.05) is 24.3 Å². The highest BCUT2D eigenvalue weighted by Crippen LogP contribution is 2.44. The van der Waals surface area contributed by atoms with Crippen molar-refractivity contribution < 1.29 is 17.2 Å². The molecule has 9 heteroatoms. The fourth-order valence-corrected chi connectivity index (χ4v) is 5.95. The van der Waals surface area contributed by atoms with Crippen LogP contribution in [0, 0.1) is 0 Å². The molecule has 0 saturated heterocycles. The summed E-state index contributed by atoms with van der Waals surface area (Å²) in [6.07, 6.45) is 0.503. The monoisotopic (exact) mass is 451 g/mol. The molecule has 2 N–H and O–H groups in total. The van der Waals surface area contributed by atoms with Gasteiger partial charge in [0, 0.05) is 17.5 Å². The predicted molar refractivity (Wildman–Crippen MR) is 118 cm³/mol. The number of fused-ring (bicyclic) bond motifs is 3. The summed E-state index contributed by atoms with van der Waals surface area (Å²) in [7, 11) is -4.14. The fourth-order valence-electron chi connectivity index (χ4n) is 3.85. The summed E-state index contributed by atoms with van der Waals surface area (Å²) in [6, 6.07) is 21.9. The molecule has 0 radical (unpaired) electrons. The van der Waals surface area contributed by atoms with Gasteiger partial charge in [-0.3, -0.25) is 5.10 Å². The number of aromatic nitrogens is 2. The molecular formula is C22H17N3O4S2. The van der Waals surface area contributed by atoms with Crippen molar-refractivity contribution in [3.05, 3.63) is 90.0 Å². The number of hydrogen-bond donors (Lipinski definition) is 2. The topological polar surface area (TPSA) is 103 Å². The molecule has 3 aromatic carbocycles. The first kappa shape index (κ1) is 19.7. The van der Waals surface area contributed by atoms with Gasteiger partial charge in [0.05, 0.1) is 21.2 Å². The zero-order valence-corrected chi connectivity index (χ0v) is 17.7. The van der Waals surface area contributed by atoms with Crippen molar-refractivity contribution in [3.63, 3.8) is 0 Å². The van der Waals surface area contributed by atoms with Crippen molar-refractivity contribution in [2.45, 2.75) is 16.2 Å². The lowest BCUT2D eigenvalue weighted by Crippen LogP contribution is -2.28. The van der Waals surface area contributed by atoms with Gasteiger partial charge >= 0.3 is 0 Å². The van der Waals surface area contributed by atoms with Gasteiger partial charge in [0.25, 0.3) is 10.0 Å². The highest BCUT2D eigenvalue weighted by Gasteiger charge is 2.36. The van der Waals surface area contributed by atoms with E-state index in [9.17, 15) is 17.2 Å². The molecular weight excluding hydrogens is 434 g/mol. The summed E-state index contributed by atoms with van der Waals surface area (Å²) in [6.45, 7) is 0. The Bertz CT molecular complexity index is 1420. The van der Waals surface area contributed by atoms with Gasteiger partial charge in [-0.2, -0.15) is 5.10 Å². The third-order valence-corrected chi connectivity index (χ3v) is 7.68. The first-order chi connectivity index (χ1) is 15.0. The maximum absolute atomic E-state index is 13.8. The van der Waals surface area contributed by atoms with Crippen LogP contribution in [0.3, 0.4) is 0 Å². The molecule has 1 aromatic heterocycles. The largest absolute Gasteiger partial charge is 0.302 e. The van der Waals surface area contributed by atoms with Gasteiger partial charge in [0.1, 0.15) is 0 Å². The van der Waals surface area contributed by atoms with Crippen molar-refractivity contribution >= 4 is 32.6 Å². The molecule has 0 amide bonds. The van der Waals surface area contributed by atoms with E-state index in [1.54, 1.807) is 30.3 Å². The molecule has 1 aliphatic carbocycles. The molecule has 4 aromatic rings. The molecule has 156 valence electrons. The molecule has 0 bridgehead atoms. The van der Waals surface area contributed by atoms with Crippen molar-refractivity contribution in [2.75, 3.05) is 4.31 Å². The third-order valence-electron chi connectivity index (χ3n) is 5.25. The Kier molecular flexibility index (Phi) is 4.73. The summed E-state index contributed by atoms with van der Waals surface area (Å²) >= 11 is -2.40. The van der Waals surface area contributed by atoms with E-state index in [0.29, 0.717) is 6.42 Å². The maximum Gasteiger partial charge on any atom is 0.269 e. The quantitative estimate of drug-likeness (QED) is 0.392. The normalized spacial score (nSPS) is 13.5. The molecule has 7 nitrogen and oxygen atoms in total. The Morgan fingerprint density at radius 1 is 0.935 bits per heavy atom. The molecule has 0 aliphatic heterocycles. The van der Waals surface area contributed by atoms with Gasteiger partial charge in [0.15, 0.2) is 16.9 Å². The van der Waals surface area contributed by atoms with Crippen LogP contribution in [0.25, 0.3) is 11.3 Å². The molecule has 31 heavy (non-hydrogen) atoms. The molecule has 0 spiro atoms. The zero-order chi connectivity index (χ0) is 21.6. The van der Waals surface area contributed by atoms with E-state index in [-0.39, 0.29) is 21.3 Å². The summed E-state index contributed by atoms with van der Waals surface area (Å²) in [5.74, 6) is 0.188. The minimum absolute atomic E-state index is 0.0192. The minimum atomic E-state index is -4.14. The minimum Gasteiger partial charge on any atom is -0.302 e. The standard InChI is InChI=1S/C22H17N3O4S2/c26-30(27)20-13-7-6-12-19(20)25(31(28,29)16-9-2-1-3-10-16)22-18-14-15-8-4-5-11-17(15)21(18)23-24-22/h1-13H,14H2,(H,23,24)(H,26,27). The highest BCUT2D eigenvalue weighted by molar-refractivity contribution is 7.93. The Labute approximate surface area is 181 Å². The molecule has 0 saturated carbocycles. The average molecular weight is 452 g/mol. The predicted octanol–water partition coefficient (Wildman–Crippen LogP) is 4.09. The Hall–Kier alpha value is -3.27. The number of rotatable bonds is 5. The van der Waals surface area contributed by atoms with Crippen LogP contribution in [-0.4, -0.2) is 27.4 Å². The second kappa shape index (κ2) is 7.45. The highest BCUT2D eigenvalue weighted by atomic mass is 32.2. The van der Waals surface area contributed by atoms with E-state index in [2.05, 4.69) is 10.2 Å². The first-order valence-corrected chi connectivity index (χ1v) is 12.0. The second-order valence-corrected chi connectivity index (χ2v) is 9.76. The lowest BCUT2D eigenvalue weighted by Gasteiger charge is -2.24. The van der Waals surface area contributed by atoms with Gasteiger partial charge in [-0.1, -0.05) is 54.6 Å². The van der Waals surface area contributed by atoms with Crippen molar-refractivity contribution in [1.29, 1.82) is 0 Å². The summed E-state index contributed by atoms with van der Waals surface area (Å²) in [5.41, 5.74) is 3.58. The van der Waals surface area contributed by atoms with Crippen molar-refractivity contribution in [2.24, 2.45) is 0 Å². The molecule has 1 atom stereocenters. The lowest BCUT2D eigenvalue weighted by atomic mass is 10.1. The number of benzene rings is 3. The fraction of sp³-hybridized carbons (Fsp3) is 0.0455. The van der Waals surface area contributed by atoms with Gasteiger partial charge in [-0.25, -0.2) is 16.9 Å². The maximum atomic E-state index is 13.8. The summed E-state index contributed by atoms with van der Waals surface area (Å²) in [5, 5.41) is 7.32. The van der Waals surface area contributed by atoms with Crippen LogP contribution in [0.1, 0.15) is 11.1 Å². The lowest BCUT2D eigenvalue weighted by molar-refractivity contribution is 0.564. The Morgan fingerprint density at radius 2 is 1.61 bits per heavy atom. The van der Waals surface area contributed by atoms with Crippen LogP contribution in [-0.2, 0) is 27.5 Å². The van der Waals surface area contributed by atoms with Crippen LogP contribution >= 0.6 is 0 Å². The Morgan fingerprint density at radius 3 is 2.39 bits per heavy atom. The molecule has 1 aliphatic rings. The molecule has 0 fully saturated rings. The number of para-hydroxylation sites is 1. The second-order valence-electron chi connectivity index (χ2n) is 7.03. The number of anilines is 2. The number of H-pyrrole nitrogens is 1. The van der Waals surface area contributed by atoms with Crippen LogP contribution < -0.4 is 4.31 Å². The van der Waals surface area contributed by atoms with Gasteiger partial charge in [0.2, 0.25) is 0 Å². The molecule has 5 rings (SSSR count). The van der Waals surface area contributed by atoms with Crippen molar-refractivity contribution in [1.82, 2.24) is 10.2 Å². The number of nitrogens with zero attached hydrogens (tertiary/aromatic N) is 2. The third kappa shape index (κ3) is 3.18. The van der Waals surface area contributed by atoms with Crippen molar-refractivity contribution in [3.8, 4) is 11.3 Å². The summed E-state index contributed by atoms with van der Waals surface area (Å²) < 4.78 is 50.5. The Balaban J connectivity index is 1.77. The first-order valence-electron chi connectivity index (χ1n) is 9.44. The smallest absolute Gasteiger partial charge is 0.269 e. The zero-order valence-electron chi connectivity index (χ0n) is 16.1. The van der Waals surface area contributed by atoms with E-state index >= 15 is 0 Å². The molecule has 1 unspecified atom stereocenters. The van der Waals surface area contributed by atoms with E-state index in [4.69, 9.17) is 0 Å². The van der Waals surface area contributed by atoms with Crippen LogP contribution in [0.15, 0.2) is 88.7 Å². The van der Waals surface area contributed by atoms with E-state index in [0.717, 1.165) is 26.7 Å². The SMILES string of the molecule is O=S(O)c1ccccc1N(c1n[nH]c2c1Cc1ccccc1-2)S(=O)(=O)c1ccccc1.